The lowest BCUT2D eigenvalue weighted by Crippen LogP contribution is -2.36. The van der Waals surface area contributed by atoms with E-state index in [1.807, 2.05) is 24.3 Å². The third-order valence-corrected chi connectivity index (χ3v) is 5.63. The van der Waals surface area contributed by atoms with E-state index < -0.39 is 11.6 Å². The van der Waals surface area contributed by atoms with Gasteiger partial charge in [0.2, 0.25) is 6.79 Å². The summed E-state index contributed by atoms with van der Waals surface area (Å²) in [5, 5.41) is 0. The lowest BCUT2D eigenvalue weighted by molar-refractivity contribution is -0.129. The van der Waals surface area contributed by atoms with Crippen molar-refractivity contribution in [2.24, 2.45) is 0 Å². The first kappa shape index (κ1) is 16.2. The van der Waals surface area contributed by atoms with Gasteiger partial charge in [-0.15, -0.1) is 0 Å². The Labute approximate surface area is 156 Å². The number of carbonyl (C=O) groups is 2. The number of ether oxygens (including phenoxy) is 4. The number of rotatable bonds is 2. The molecule has 2 atom stereocenters. The lowest BCUT2D eigenvalue weighted by atomic mass is 9.71. The molecule has 2 aliphatic heterocycles. The Morgan fingerprint density at radius 3 is 2.78 bits per heavy atom. The maximum atomic E-state index is 12.6. The van der Waals surface area contributed by atoms with Crippen molar-refractivity contribution in [2.45, 2.75) is 30.8 Å². The van der Waals surface area contributed by atoms with Crippen molar-refractivity contribution in [3.63, 3.8) is 0 Å². The summed E-state index contributed by atoms with van der Waals surface area (Å²) in [7, 11) is 1.55. The van der Waals surface area contributed by atoms with Crippen molar-refractivity contribution in [3.05, 3.63) is 53.1 Å². The summed E-state index contributed by atoms with van der Waals surface area (Å²) < 4.78 is 21.9. The Morgan fingerprint density at radius 2 is 1.93 bits per heavy atom. The SMILES string of the molecule is COc1ccc2c(c1)C(=O)OC21CC(=O)C[C@H](c2ccc3c(c2)OCO3)C1. The van der Waals surface area contributed by atoms with Gasteiger partial charge >= 0.3 is 5.97 Å². The van der Waals surface area contributed by atoms with Crippen molar-refractivity contribution >= 4 is 11.8 Å². The quantitative estimate of drug-likeness (QED) is 0.760. The zero-order valence-electron chi connectivity index (χ0n) is 14.8. The summed E-state index contributed by atoms with van der Waals surface area (Å²) in [6.45, 7) is 0.207. The van der Waals surface area contributed by atoms with Crippen LogP contribution in [0.2, 0.25) is 0 Å². The van der Waals surface area contributed by atoms with Crippen LogP contribution in [-0.2, 0) is 15.1 Å². The van der Waals surface area contributed by atoms with E-state index in [0.29, 0.717) is 35.7 Å². The maximum Gasteiger partial charge on any atom is 0.339 e. The van der Waals surface area contributed by atoms with Gasteiger partial charge in [0.1, 0.15) is 17.1 Å². The third kappa shape index (κ3) is 2.47. The van der Waals surface area contributed by atoms with Gasteiger partial charge in [-0.1, -0.05) is 12.1 Å². The second-order valence-corrected chi connectivity index (χ2v) is 7.23. The summed E-state index contributed by atoms with van der Waals surface area (Å²) in [5.74, 6) is 1.62. The second kappa shape index (κ2) is 5.74. The van der Waals surface area contributed by atoms with E-state index in [-0.39, 0.29) is 24.9 Å². The van der Waals surface area contributed by atoms with Gasteiger partial charge in [0.05, 0.1) is 19.1 Å². The molecule has 6 nitrogen and oxygen atoms in total. The minimum absolute atomic E-state index is 0.0541. The Kier molecular flexibility index (Phi) is 3.44. The molecule has 1 aliphatic carbocycles. The predicted molar refractivity (Wildman–Crippen MR) is 94.3 cm³/mol. The number of esters is 1. The smallest absolute Gasteiger partial charge is 0.339 e. The first-order valence-corrected chi connectivity index (χ1v) is 8.91. The number of fused-ring (bicyclic) bond motifs is 3. The zero-order valence-corrected chi connectivity index (χ0v) is 14.8. The molecule has 6 heteroatoms. The highest BCUT2D eigenvalue weighted by Gasteiger charge is 2.51. The molecule has 0 N–H and O–H groups in total. The highest BCUT2D eigenvalue weighted by atomic mass is 16.7. The molecule has 1 unspecified atom stereocenters. The predicted octanol–water partition coefficient (Wildman–Crippen LogP) is 3.33. The molecule has 27 heavy (non-hydrogen) atoms. The number of ketones is 1. The molecule has 1 spiro atoms. The molecule has 1 fully saturated rings. The number of hydrogen-bond donors (Lipinski definition) is 0. The average Bonchev–Trinajstić information content (AvgIpc) is 3.23. The summed E-state index contributed by atoms with van der Waals surface area (Å²) in [5.41, 5.74) is 1.33. The summed E-state index contributed by atoms with van der Waals surface area (Å²) in [4.78, 5) is 25.1. The Bertz CT molecular complexity index is 965. The molecular formula is C21H18O6. The van der Waals surface area contributed by atoms with Gasteiger partial charge in [-0.3, -0.25) is 4.79 Å². The van der Waals surface area contributed by atoms with Crippen LogP contribution in [0.15, 0.2) is 36.4 Å². The molecule has 138 valence electrons. The van der Waals surface area contributed by atoms with E-state index >= 15 is 0 Å². The van der Waals surface area contributed by atoms with Crippen LogP contribution in [0.5, 0.6) is 17.2 Å². The molecule has 2 aromatic rings. The van der Waals surface area contributed by atoms with Crippen molar-refractivity contribution < 1.29 is 28.5 Å². The van der Waals surface area contributed by atoms with Crippen LogP contribution in [0, 0.1) is 0 Å². The van der Waals surface area contributed by atoms with Crippen LogP contribution in [0.4, 0.5) is 0 Å². The van der Waals surface area contributed by atoms with Crippen molar-refractivity contribution in [2.75, 3.05) is 13.9 Å². The van der Waals surface area contributed by atoms with Crippen LogP contribution in [0.3, 0.4) is 0 Å². The van der Waals surface area contributed by atoms with E-state index in [4.69, 9.17) is 18.9 Å². The largest absolute Gasteiger partial charge is 0.497 e. The number of carbonyl (C=O) groups excluding carboxylic acids is 2. The standard InChI is InChI=1S/C21H18O6/c1-24-15-3-4-17-16(8-15)20(23)27-21(17)9-13(6-14(22)10-21)12-2-5-18-19(7-12)26-11-25-18/h2-5,7-8,13H,6,9-11H2,1H3/t13-,21?/m0/s1. The van der Waals surface area contributed by atoms with Gasteiger partial charge in [0.25, 0.3) is 0 Å². The second-order valence-electron chi connectivity index (χ2n) is 7.23. The van der Waals surface area contributed by atoms with Gasteiger partial charge in [-0.2, -0.15) is 0 Å². The van der Waals surface area contributed by atoms with Gasteiger partial charge < -0.3 is 18.9 Å². The van der Waals surface area contributed by atoms with Crippen LogP contribution < -0.4 is 14.2 Å². The van der Waals surface area contributed by atoms with E-state index in [0.717, 1.165) is 11.1 Å². The fraction of sp³-hybridized carbons (Fsp3) is 0.333. The Morgan fingerprint density at radius 1 is 1.07 bits per heavy atom. The van der Waals surface area contributed by atoms with E-state index in [2.05, 4.69) is 0 Å². The van der Waals surface area contributed by atoms with Crippen LogP contribution in [-0.4, -0.2) is 25.7 Å². The molecule has 1 saturated carbocycles. The third-order valence-electron chi connectivity index (χ3n) is 5.63. The summed E-state index contributed by atoms with van der Waals surface area (Å²) in [6.07, 6.45) is 1.19. The topological polar surface area (TPSA) is 71.1 Å². The maximum absolute atomic E-state index is 12.6. The van der Waals surface area contributed by atoms with Gasteiger partial charge in [0, 0.05) is 12.0 Å². The number of benzene rings is 2. The average molecular weight is 366 g/mol. The first-order valence-electron chi connectivity index (χ1n) is 8.91. The Hall–Kier alpha value is -3.02. The van der Waals surface area contributed by atoms with Crippen molar-refractivity contribution in [1.29, 1.82) is 0 Å². The molecule has 0 bridgehead atoms. The molecule has 2 heterocycles. The molecular weight excluding hydrogens is 348 g/mol. The van der Waals surface area contributed by atoms with Crippen LogP contribution in [0.25, 0.3) is 0 Å². The number of Topliss-reactive ketones (excluding diaryl/α,β-unsaturated/α-hetero) is 1. The van der Waals surface area contributed by atoms with E-state index in [1.165, 1.54) is 0 Å². The fourth-order valence-electron chi connectivity index (χ4n) is 4.40. The highest BCUT2D eigenvalue weighted by Crippen LogP contribution is 2.51. The molecule has 0 aromatic heterocycles. The zero-order chi connectivity index (χ0) is 18.6. The summed E-state index contributed by atoms with van der Waals surface area (Å²) in [6, 6.07) is 11.1. The minimum Gasteiger partial charge on any atom is -0.497 e. The fourth-order valence-corrected chi connectivity index (χ4v) is 4.40. The highest BCUT2D eigenvalue weighted by molar-refractivity contribution is 5.96. The molecule has 0 saturated heterocycles. The normalized spacial score (nSPS) is 25.4. The minimum atomic E-state index is -0.908. The van der Waals surface area contributed by atoms with E-state index in [9.17, 15) is 9.59 Å². The first-order chi connectivity index (χ1) is 13.1. The lowest BCUT2D eigenvalue weighted by Gasteiger charge is -2.36. The van der Waals surface area contributed by atoms with Gasteiger partial charge in [-0.25, -0.2) is 4.79 Å². The number of methoxy groups -OCH3 is 1. The Balaban J connectivity index is 1.53. The molecule has 0 radical (unpaired) electrons. The molecule has 2 aromatic carbocycles. The molecule has 5 rings (SSSR count). The van der Waals surface area contributed by atoms with E-state index in [1.54, 1.807) is 19.2 Å². The number of hydrogen-bond acceptors (Lipinski definition) is 6. The molecule has 3 aliphatic rings. The van der Waals surface area contributed by atoms with Crippen LogP contribution >= 0.6 is 0 Å². The van der Waals surface area contributed by atoms with Crippen LogP contribution in [0.1, 0.15) is 46.7 Å². The molecule has 0 amide bonds. The van der Waals surface area contributed by atoms with Gasteiger partial charge in [0.15, 0.2) is 11.5 Å². The summed E-state index contributed by atoms with van der Waals surface area (Å²) >= 11 is 0. The monoisotopic (exact) mass is 366 g/mol. The van der Waals surface area contributed by atoms with Crippen molar-refractivity contribution in [1.82, 2.24) is 0 Å². The van der Waals surface area contributed by atoms with Gasteiger partial charge in [-0.05, 0) is 42.2 Å². The van der Waals surface area contributed by atoms with Crippen molar-refractivity contribution in [3.8, 4) is 17.2 Å².